The number of likely N-dealkylation sites (tertiary alicyclic amines) is 1. The van der Waals surface area contributed by atoms with Gasteiger partial charge in [0, 0.05) is 23.2 Å². The van der Waals surface area contributed by atoms with Crippen molar-refractivity contribution in [2.45, 2.75) is 59.0 Å². The van der Waals surface area contributed by atoms with Gasteiger partial charge in [-0.2, -0.15) is 0 Å². The summed E-state index contributed by atoms with van der Waals surface area (Å²) in [7, 11) is 1.50. The van der Waals surface area contributed by atoms with Gasteiger partial charge < -0.3 is 4.90 Å². The first kappa shape index (κ1) is 17.1. The third-order valence-electron chi connectivity index (χ3n) is 5.23. The Bertz CT molecular complexity index is 737. The average Bonchev–Trinajstić information content (AvgIpc) is 2.99. The lowest BCUT2D eigenvalue weighted by Crippen LogP contribution is -2.61. The van der Waals surface area contributed by atoms with Crippen molar-refractivity contribution in [3.63, 3.8) is 0 Å². The molecular weight excluding hydrogens is 324 g/mol. The highest BCUT2D eigenvalue weighted by Crippen LogP contribution is 2.41. The number of rotatable bonds is 3. The summed E-state index contributed by atoms with van der Waals surface area (Å²) >= 11 is 1.70. The number of piperidine rings is 1. The number of fused-ring (bicyclic) bond motifs is 1. The number of hydrogen-bond donors (Lipinski definition) is 0. The molecule has 3 heterocycles. The largest absolute Gasteiger partial charge is 0.319 e. The van der Waals surface area contributed by atoms with Crippen molar-refractivity contribution in [2.24, 2.45) is 5.92 Å². The zero-order valence-corrected chi connectivity index (χ0v) is 15.7. The number of likely N-dealkylation sites (N-methyl/N-ethyl adjacent to an activating group) is 1. The van der Waals surface area contributed by atoms with Gasteiger partial charge in [0.25, 0.3) is 11.8 Å². The van der Waals surface area contributed by atoms with Crippen molar-refractivity contribution in [2.75, 3.05) is 7.05 Å². The Morgan fingerprint density at radius 1 is 1.25 bits per heavy atom. The Balaban J connectivity index is 1.92. The molecular formula is C18H24N2O3S. The monoisotopic (exact) mass is 348 g/mol. The fourth-order valence-corrected chi connectivity index (χ4v) is 5.19. The topological polar surface area (TPSA) is 57.7 Å². The Morgan fingerprint density at radius 2 is 1.92 bits per heavy atom. The van der Waals surface area contributed by atoms with Crippen LogP contribution in [0.25, 0.3) is 0 Å². The molecule has 1 atom stereocenters. The second kappa shape index (κ2) is 5.69. The first-order valence-electron chi connectivity index (χ1n) is 8.41. The molecule has 24 heavy (non-hydrogen) atoms. The molecule has 3 rings (SSSR count). The first-order chi connectivity index (χ1) is 11.2. The molecule has 0 radical (unpaired) electrons. The summed E-state index contributed by atoms with van der Waals surface area (Å²) in [5, 5.41) is 0. The van der Waals surface area contributed by atoms with Gasteiger partial charge in [-0.05, 0) is 38.2 Å². The average molecular weight is 348 g/mol. The van der Waals surface area contributed by atoms with Crippen LogP contribution in [0.1, 0.15) is 59.3 Å². The minimum atomic E-state index is -0.927. The number of thiophene rings is 1. The standard InChI is InChI=1S/C18H24N2O3S/c1-10(2)8-12-11(3)15-13(24-12)9-20(16(15)22)18(4)7-6-14(21)19(5)17(18)23/h10H,6-9H2,1-5H3. The Kier molecular flexibility index (Phi) is 4.06. The molecule has 1 unspecified atom stereocenters. The van der Waals surface area contributed by atoms with Crippen LogP contribution < -0.4 is 0 Å². The minimum Gasteiger partial charge on any atom is -0.319 e. The van der Waals surface area contributed by atoms with Crippen molar-refractivity contribution in [1.29, 1.82) is 0 Å². The van der Waals surface area contributed by atoms with Crippen molar-refractivity contribution < 1.29 is 14.4 Å². The van der Waals surface area contributed by atoms with E-state index in [0.29, 0.717) is 25.3 Å². The van der Waals surface area contributed by atoms with E-state index in [0.717, 1.165) is 22.4 Å². The maximum atomic E-state index is 13.0. The Morgan fingerprint density at radius 3 is 2.50 bits per heavy atom. The van der Waals surface area contributed by atoms with Crippen molar-refractivity contribution in [3.8, 4) is 0 Å². The molecule has 6 heteroatoms. The van der Waals surface area contributed by atoms with Gasteiger partial charge in [-0.3, -0.25) is 19.3 Å². The summed E-state index contributed by atoms with van der Waals surface area (Å²) in [6.07, 6.45) is 1.67. The fraction of sp³-hybridized carbons (Fsp3) is 0.611. The lowest BCUT2D eigenvalue weighted by atomic mass is 9.88. The second-order valence-electron chi connectivity index (χ2n) is 7.47. The number of amides is 3. The molecule has 3 amide bonds. The molecule has 130 valence electrons. The molecule has 0 spiro atoms. The van der Waals surface area contributed by atoms with Crippen molar-refractivity contribution >= 4 is 29.1 Å². The van der Waals surface area contributed by atoms with Crippen LogP contribution in [0.15, 0.2) is 0 Å². The predicted octanol–water partition coefficient (Wildman–Crippen LogP) is 2.75. The van der Waals surface area contributed by atoms with Gasteiger partial charge in [0.1, 0.15) is 5.54 Å². The highest BCUT2D eigenvalue weighted by atomic mass is 32.1. The number of imide groups is 1. The van der Waals surface area contributed by atoms with Crippen LogP contribution >= 0.6 is 11.3 Å². The quantitative estimate of drug-likeness (QED) is 0.789. The van der Waals surface area contributed by atoms with Crippen molar-refractivity contribution in [1.82, 2.24) is 9.80 Å². The Hall–Kier alpha value is -1.69. The zero-order valence-electron chi connectivity index (χ0n) is 14.9. The molecule has 1 saturated heterocycles. The van der Waals surface area contributed by atoms with Crippen LogP contribution in [0.5, 0.6) is 0 Å². The lowest BCUT2D eigenvalue weighted by molar-refractivity contribution is -0.155. The predicted molar refractivity (Wildman–Crippen MR) is 92.9 cm³/mol. The van der Waals surface area contributed by atoms with Crippen LogP contribution in [0.3, 0.4) is 0 Å². The van der Waals surface area contributed by atoms with E-state index < -0.39 is 5.54 Å². The van der Waals surface area contributed by atoms with Gasteiger partial charge in [-0.1, -0.05) is 13.8 Å². The van der Waals surface area contributed by atoms with Crippen LogP contribution in [0.4, 0.5) is 0 Å². The van der Waals surface area contributed by atoms with Crippen LogP contribution in [0.2, 0.25) is 0 Å². The fourth-order valence-electron chi connectivity index (χ4n) is 3.68. The molecule has 0 saturated carbocycles. The van der Waals surface area contributed by atoms with Gasteiger partial charge in [0.2, 0.25) is 5.91 Å². The normalized spacial score (nSPS) is 24.3. The SMILES string of the molecule is Cc1c(CC(C)C)sc2c1C(=O)N(C1(C)CCC(=O)N(C)C1=O)C2. The molecule has 2 aliphatic rings. The molecule has 0 aromatic carbocycles. The van der Waals surface area contributed by atoms with Gasteiger partial charge in [-0.15, -0.1) is 11.3 Å². The van der Waals surface area contributed by atoms with E-state index in [9.17, 15) is 14.4 Å². The zero-order chi connectivity index (χ0) is 17.8. The van der Waals surface area contributed by atoms with E-state index in [4.69, 9.17) is 0 Å². The number of carbonyl (C=O) groups is 3. The van der Waals surface area contributed by atoms with Gasteiger partial charge in [0.05, 0.1) is 12.1 Å². The van der Waals surface area contributed by atoms with E-state index in [1.54, 1.807) is 23.2 Å². The van der Waals surface area contributed by atoms with E-state index in [1.807, 2.05) is 6.92 Å². The van der Waals surface area contributed by atoms with E-state index in [2.05, 4.69) is 13.8 Å². The summed E-state index contributed by atoms with van der Waals surface area (Å²) in [6.45, 7) is 8.62. The Labute approximate surface area is 146 Å². The molecule has 0 aliphatic carbocycles. The van der Waals surface area contributed by atoms with Crippen molar-refractivity contribution in [3.05, 3.63) is 20.9 Å². The second-order valence-corrected chi connectivity index (χ2v) is 8.66. The maximum Gasteiger partial charge on any atom is 0.256 e. The summed E-state index contributed by atoms with van der Waals surface area (Å²) in [6, 6.07) is 0. The molecule has 1 aromatic rings. The molecule has 1 aromatic heterocycles. The van der Waals surface area contributed by atoms with Gasteiger partial charge in [0.15, 0.2) is 0 Å². The maximum absolute atomic E-state index is 13.0. The first-order valence-corrected chi connectivity index (χ1v) is 9.22. The third kappa shape index (κ3) is 2.39. The molecule has 0 N–H and O–H groups in total. The summed E-state index contributed by atoms with van der Waals surface area (Å²) in [5.74, 6) is 0.0368. The summed E-state index contributed by atoms with van der Waals surface area (Å²) in [4.78, 5) is 42.6. The van der Waals surface area contributed by atoms with E-state index in [1.165, 1.54) is 16.8 Å². The summed E-state index contributed by atoms with van der Waals surface area (Å²) < 4.78 is 0. The van der Waals surface area contributed by atoms with Crippen LogP contribution in [-0.4, -0.2) is 40.1 Å². The molecule has 0 bridgehead atoms. The highest BCUT2D eigenvalue weighted by Gasteiger charge is 2.51. The van der Waals surface area contributed by atoms with E-state index >= 15 is 0 Å². The number of nitrogens with zero attached hydrogens (tertiary/aromatic N) is 2. The number of hydrogen-bond acceptors (Lipinski definition) is 4. The molecule has 5 nitrogen and oxygen atoms in total. The van der Waals surface area contributed by atoms with Gasteiger partial charge in [-0.25, -0.2) is 0 Å². The molecule has 2 aliphatic heterocycles. The van der Waals surface area contributed by atoms with Crippen LogP contribution in [0, 0.1) is 12.8 Å². The lowest BCUT2D eigenvalue weighted by Gasteiger charge is -2.42. The summed E-state index contributed by atoms with van der Waals surface area (Å²) in [5.41, 5.74) is 0.917. The third-order valence-corrected chi connectivity index (χ3v) is 6.53. The van der Waals surface area contributed by atoms with Crippen LogP contribution in [-0.2, 0) is 22.6 Å². The number of carbonyl (C=O) groups excluding carboxylic acids is 3. The smallest absolute Gasteiger partial charge is 0.256 e. The minimum absolute atomic E-state index is 0.0626. The van der Waals surface area contributed by atoms with Gasteiger partial charge >= 0.3 is 0 Å². The molecule has 1 fully saturated rings. The highest BCUT2D eigenvalue weighted by molar-refractivity contribution is 7.12. The van der Waals surface area contributed by atoms with E-state index in [-0.39, 0.29) is 17.7 Å².